The second-order valence-corrected chi connectivity index (χ2v) is 5.85. The Balaban J connectivity index is 1.65. The number of aromatic nitrogens is 4. The molecule has 0 aliphatic carbocycles. The first-order valence-electron chi connectivity index (χ1n) is 7.67. The number of carboxylic acids is 1. The highest BCUT2D eigenvalue weighted by molar-refractivity contribution is 5.92. The first-order valence-corrected chi connectivity index (χ1v) is 7.67. The average molecular weight is 330 g/mol. The minimum absolute atomic E-state index is 0.0497. The van der Waals surface area contributed by atoms with Gasteiger partial charge in [0.15, 0.2) is 5.69 Å². The molecular formula is C15H18N6O3. The molecule has 1 fully saturated rings. The number of carbonyl (C=O) groups excluding carboxylic acids is 1. The average Bonchev–Trinajstić information content (AvgIpc) is 3.04. The lowest BCUT2D eigenvalue weighted by Gasteiger charge is -2.33. The van der Waals surface area contributed by atoms with E-state index in [1.54, 1.807) is 16.8 Å². The van der Waals surface area contributed by atoms with E-state index in [9.17, 15) is 9.59 Å². The summed E-state index contributed by atoms with van der Waals surface area (Å²) in [6, 6.07) is 3.46. The van der Waals surface area contributed by atoms with Crippen LogP contribution in [0.5, 0.6) is 0 Å². The van der Waals surface area contributed by atoms with E-state index in [2.05, 4.69) is 20.2 Å². The molecule has 0 bridgehead atoms. The number of primary amides is 1. The van der Waals surface area contributed by atoms with E-state index in [0.29, 0.717) is 18.0 Å². The van der Waals surface area contributed by atoms with Crippen molar-refractivity contribution in [2.75, 3.05) is 18.0 Å². The highest BCUT2D eigenvalue weighted by Crippen LogP contribution is 2.22. The number of hydrogen-bond acceptors (Lipinski definition) is 6. The molecule has 3 heterocycles. The number of nitrogens with zero attached hydrogens (tertiary/aromatic N) is 5. The summed E-state index contributed by atoms with van der Waals surface area (Å²) in [4.78, 5) is 28.4. The molecule has 126 valence electrons. The summed E-state index contributed by atoms with van der Waals surface area (Å²) in [6.45, 7) is 2.28. The van der Waals surface area contributed by atoms with Crippen LogP contribution in [0.4, 0.5) is 5.82 Å². The molecule has 1 aliphatic heterocycles. The number of carbonyl (C=O) groups is 2. The van der Waals surface area contributed by atoms with Crippen molar-refractivity contribution in [2.24, 2.45) is 11.7 Å². The van der Waals surface area contributed by atoms with Gasteiger partial charge in [-0.1, -0.05) is 5.21 Å². The van der Waals surface area contributed by atoms with Gasteiger partial charge in [0.25, 0.3) is 0 Å². The predicted octanol–water partition coefficient (Wildman–Crippen LogP) is 0.387. The summed E-state index contributed by atoms with van der Waals surface area (Å²) < 4.78 is 1.57. The predicted molar refractivity (Wildman–Crippen MR) is 84.7 cm³/mol. The van der Waals surface area contributed by atoms with Crippen LogP contribution < -0.4 is 10.6 Å². The molecule has 9 heteroatoms. The van der Waals surface area contributed by atoms with Gasteiger partial charge in [0.1, 0.15) is 5.82 Å². The van der Waals surface area contributed by atoms with E-state index >= 15 is 0 Å². The lowest BCUT2D eigenvalue weighted by atomic mass is 9.98. The fraction of sp³-hybridized carbons (Fsp3) is 0.400. The van der Waals surface area contributed by atoms with E-state index in [-0.39, 0.29) is 5.69 Å². The second kappa shape index (κ2) is 6.65. The van der Waals surface area contributed by atoms with E-state index in [1.807, 2.05) is 0 Å². The normalized spacial score (nSPS) is 17.7. The van der Waals surface area contributed by atoms with Crippen molar-refractivity contribution >= 4 is 17.7 Å². The zero-order valence-electron chi connectivity index (χ0n) is 13.0. The number of hydrogen-bond donors (Lipinski definition) is 2. The lowest BCUT2D eigenvalue weighted by molar-refractivity contribution is 0.0690. The van der Waals surface area contributed by atoms with Gasteiger partial charge >= 0.3 is 5.97 Å². The molecule has 1 aliphatic rings. The number of pyridine rings is 1. The van der Waals surface area contributed by atoms with Gasteiger partial charge in [0.05, 0.1) is 11.8 Å². The molecule has 1 amide bonds. The van der Waals surface area contributed by atoms with Crippen LogP contribution >= 0.6 is 0 Å². The number of anilines is 1. The van der Waals surface area contributed by atoms with Gasteiger partial charge in [0, 0.05) is 25.8 Å². The highest BCUT2D eigenvalue weighted by Gasteiger charge is 2.22. The summed E-state index contributed by atoms with van der Waals surface area (Å²) in [5, 5.41) is 16.4. The Bertz CT molecular complexity index is 742. The Morgan fingerprint density at radius 3 is 2.83 bits per heavy atom. The summed E-state index contributed by atoms with van der Waals surface area (Å²) in [6.07, 6.45) is 4.96. The number of rotatable bonds is 5. The van der Waals surface area contributed by atoms with Crippen LogP contribution in [0.15, 0.2) is 24.5 Å². The molecule has 3 rings (SSSR count). The molecule has 24 heavy (non-hydrogen) atoms. The molecule has 1 saturated heterocycles. The highest BCUT2D eigenvalue weighted by atomic mass is 16.4. The number of piperidine rings is 1. The van der Waals surface area contributed by atoms with Crippen LogP contribution in [0, 0.1) is 5.92 Å². The van der Waals surface area contributed by atoms with Crippen LogP contribution in [-0.2, 0) is 6.54 Å². The van der Waals surface area contributed by atoms with E-state index in [1.165, 1.54) is 12.4 Å². The zero-order chi connectivity index (χ0) is 17.1. The Labute approximate surface area is 138 Å². The molecule has 9 nitrogen and oxygen atoms in total. The third kappa shape index (κ3) is 3.50. The molecule has 2 aromatic rings. The minimum atomic E-state index is -1.08. The van der Waals surface area contributed by atoms with Gasteiger partial charge in [-0.05, 0) is 30.9 Å². The third-order valence-corrected chi connectivity index (χ3v) is 4.08. The van der Waals surface area contributed by atoms with Crippen LogP contribution in [0.3, 0.4) is 0 Å². The summed E-state index contributed by atoms with van der Waals surface area (Å²) in [5.41, 5.74) is 5.56. The monoisotopic (exact) mass is 330 g/mol. The van der Waals surface area contributed by atoms with Crippen molar-refractivity contribution in [3.8, 4) is 0 Å². The van der Waals surface area contributed by atoms with Gasteiger partial charge in [-0.2, -0.15) is 0 Å². The Morgan fingerprint density at radius 1 is 1.38 bits per heavy atom. The van der Waals surface area contributed by atoms with E-state index in [0.717, 1.165) is 31.7 Å². The van der Waals surface area contributed by atoms with Crippen molar-refractivity contribution in [3.63, 3.8) is 0 Å². The summed E-state index contributed by atoms with van der Waals surface area (Å²) >= 11 is 0. The van der Waals surface area contributed by atoms with Crippen molar-refractivity contribution in [1.82, 2.24) is 20.0 Å². The standard InChI is InChI=1S/C15H18N6O3/c16-14(22)11-3-4-13(17-6-11)20-5-1-2-10(7-20)8-21-9-12(15(23)24)18-19-21/h3-4,6,9-10H,1-2,5,7-8H2,(H2,16,22)(H,23,24)/t10-/m0/s1. The van der Waals surface area contributed by atoms with Gasteiger partial charge in [-0.15, -0.1) is 5.10 Å². The quantitative estimate of drug-likeness (QED) is 0.811. The largest absolute Gasteiger partial charge is 0.476 e. The maximum Gasteiger partial charge on any atom is 0.358 e. The van der Waals surface area contributed by atoms with Crippen LogP contribution in [-0.4, -0.2) is 50.1 Å². The molecular weight excluding hydrogens is 312 g/mol. The molecule has 1 atom stereocenters. The van der Waals surface area contributed by atoms with Gasteiger partial charge in [0.2, 0.25) is 5.91 Å². The second-order valence-electron chi connectivity index (χ2n) is 5.85. The molecule has 3 N–H and O–H groups in total. The van der Waals surface area contributed by atoms with Gasteiger partial charge in [-0.3, -0.25) is 9.48 Å². The third-order valence-electron chi connectivity index (χ3n) is 4.08. The molecule has 0 spiro atoms. The molecule has 2 aromatic heterocycles. The van der Waals surface area contributed by atoms with Crippen molar-refractivity contribution in [3.05, 3.63) is 35.8 Å². The van der Waals surface area contributed by atoms with Crippen LogP contribution in [0.1, 0.15) is 33.7 Å². The SMILES string of the molecule is NC(=O)c1ccc(N2CCC[C@H](Cn3cc(C(=O)O)nn3)C2)nc1. The Morgan fingerprint density at radius 2 is 2.21 bits per heavy atom. The van der Waals surface area contributed by atoms with Crippen molar-refractivity contribution in [2.45, 2.75) is 19.4 Å². The summed E-state index contributed by atoms with van der Waals surface area (Å²) in [7, 11) is 0. The molecule has 0 radical (unpaired) electrons. The Hall–Kier alpha value is -2.97. The molecule has 0 saturated carbocycles. The number of amides is 1. The topological polar surface area (TPSA) is 127 Å². The summed E-state index contributed by atoms with van der Waals surface area (Å²) in [5.74, 6) is -0.453. The fourth-order valence-corrected chi connectivity index (χ4v) is 2.89. The Kier molecular flexibility index (Phi) is 4.41. The van der Waals surface area contributed by atoms with Gasteiger partial charge < -0.3 is 15.7 Å². The first kappa shape index (κ1) is 15.9. The minimum Gasteiger partial charge on any atom is -0.476 e. The number of carboxylic acid groups (broad SMARTS) is 1. The zero-order valence-corrected chi connectivity index (χ0v) is 13.0. The van der Waals surface area contributed by atoms with Crippen LogP contribution in [0.25, 0.3) is 0 Å². The molecule has 0 unspecified atom stereocenters. The smallest absolute Gasteiger partial charge is 0.358 e. The number of nitrogens with two attached hydrogens (primary N) is 1. The maximum absolute atomic E-state index is 11.1. The van der Waals surface area contributed by atoms with Crippen molar-refractivity contribution < 1.29 is 14.7 Å². The van der Waals surface area contributed by atoms with E-state index in [4.69, 9.17) is 10.8 Å². The maximum atomic E-state index is 11.1. The van der Waals surface area contributed by atoms with Crippen molar-refractivity contribution in [1.29, 1.82) is 0 Å². The fourth-order valence-electron chi connectivity index (χ4n) is 2.89. The van der Waals surface area contributed by atoms with Crippen LogP contribution in [0.2, 0.25) is 0 Å². The van der Waals surface area contributed by atoms with Gasteiger partial charge in [-0.25, -0.2) is 9.78 Å². The molecule has 0 aromatic carbocycles. The first-order chi connectivity index (χ1) is 11.5. The van der Waals surface area contributed by atoms with E-state index < -0.39 is 11.9 Å². The lowest BCUT2D eigenvalue weighted by Crippen LogP contribution is -2.37. The number of aromatic carboxylic acids is 1.